The minimum absolute atomic E-state index is 0.0694. The van der Waals surface area contributed by atoms with Crippen LogP contribution in [0.25, 0.3) is 0 Å². The number of carbonyl (C=O) groups is 2. The molecule has 0 spiro atoms. The van der Waals surface area contributed by atoms with Crippen molar-refractivity contribution in [2.45, 2.75) is 39.2 Å². The van der Waals surface area contributed by atoms with Crippen molar-refractivity contribution in [3.8, 4) is 0 Å². The maximum Gasteiger partial charge on any atom is 0.238 e. The number of nitrogens with zero attached hydrogens (tertiary/aromatic N) is 1. The molecule has 0 aliphatic heterocycles. The summed E-state index contributed by atoms with van der Waals surface area (Å²) in [6.07, 6.45) is 0.952. The van der Waals surface area contributed by atoms with E-state index in [1.54, 1.807) is 11.9 Å². The second-order valence-electron chi connectivity index (χ2n) is 7.27. The Hall–Kier alpha value is -2.66. The molecule has 2 aromatic carbocycles. The number of likely N-dealkylation sites (N-methyl/N-ethyl adjacent to an activating group) is 1. The van der Waals surface area contributed by atoms with E-state index in [4.69, 9.17) is 0 Å². The zero-order valence-corrected chi connectivity index (χ0v) is 17.2. The first-order chi connectivity index (χ1) is 13.4. The smallest absolute Gasteiger partial charge is 0.238 e. The maximum absolute atomic E-state index is 12.5. The number of anilines is 1. The van der Waals surface area contributed by atoms with Crippen LogP contribution in [0.2, 0.25) is 0 Å². The molecule has 2 rings (SSSR count). The highest BCUT2D eigenvalue weighted by atomic mass is 16.2. The van der Waals surface area contributed by atoms with E-state index in [2.05, 4.69) is 29.7 Å². The summed E-state index contributed by atoms with van der Waals surface area (Å²) in [7, 11) is 1.79. The van der Waals surface area contributed by atoms with E-state index >= 15 is 0 Å². The van der Waals surface area contributed by atoms with Crippen molar-refractivity contribution in [2.75, 3.05) is 25.5 Å². The number of aryl methyl sites for hydroxylation is 1. The molecular formula is C23H31N3O2. The third-order valence-corrected chi connectivity index (χ3v) is 5.06. The van der Waals surface area contributed by atoms with Crippen molar-refractivity contribution >= 4 is 17.5 Å². The molecule has 28 heavy (non-hydrogen) atoms. The molecule has 2 amide bonds. The number of benzene rings is 2. The minimum Gasteiger partial charge on any atom is -0.354 e. The molecule has 150 valence electrons. The SMILES string of the molecule is CC[C@@H](CNC(=O)[C@H](C)N(C)CC(=O)Nc1ccc(C)cc1)c1ccccc1. The van der Waals surface area contributed by atoms with Gasteiger partial charge in [-0.1, -0.05) is 55.0 Å². The monoisotopic (exact) mass is 381 g/mol. The van der Waals surface area contributed by atoms with Gasteiger partial charge in [-0.3, -0.25) is 14.5 Å². The largest absolute Gasteiger partial charge is 0.354 e. The maximum atomic E-state index is 12.5. The lowest BCUT2D eigenvalue weighted by atomic mass is 9.96. The van der Waals surface area contributed by atoms with Gasteiger partial charge in [0.2, 0.25) is 11.8 Å². The van der Waals surface area contributed by atoms with Crippen LogP contribution in [0, 0.1) is 6.92 Å². The molecule has 5 nitrogen and oxygen atoms in total. The number of hydrogen-bond donors (Lipinski definition) is 2. The van der Waals surface area contributed by atoms with Gasteiger partial charge in [0, 0.05) is 18.2 Å². The molecule has 0 unspecified atom stereocenters. The Kier molecular flexibility index (Phi) is 8.20. The van der Waals surface area contributed by atoms with Crippen LogP contribution in [0.5, 0.6) is 0 Å². The van der Waals surface area contributed by atoms with E-state index in [0.717, 1.165) is 17.7 Å². The Morgan fingerprint density at radius 2 is 1.68 bits per heavy atom. The fraction of sp³-hybridized carbons (Fsp3) is 0.391. The third kappa shape index (κ3) is 6.50. The Bertz CT molecular complexity index is 759. The van der Waals surface area contributed by atoms with Crippen molar-refractivity contribution in [3.05, 3.63) is 65.7 Å². The van der Waals surface area contributed by atoms with E-state index in [1.807, 2.05) is 56.3 Å². The van der Waals surface area contributed by atoms with Crippen LogP contribution in [-0.4, -0.2) is 42.9 Å². The van der Waals surface area contributed by atoms with Crippen molar-refractivity contribution in [2.24, 2.45) is 0 Å². The van der Waals surface area contributed by atoms with Gasteiger partial charge in [-0.2, -0.15) is 0 Å². The standard InChI is InChI=1S/C23H31N3O2/c1-5-19(20-9-7-6-8-10-20)15-24-23(28)18(3)26(4)16-22(27)25-21-13-11-17(2)12-14-21/h6-14,18-19H,5,15-16H2,1-4H3,(H,24,28)(H,25,27)/t18-,19-/m0/s1. The molecule has 0 aliphatic carbocycles. The lowest BCUT2D eigenvalue weighted by Gasteiger charge is -2.24. The van der Waals surface area contributed by atoms with Gasteiger partial charge in [-0.15, -0.1) is 0 Å². The molecule has 0 aliphatic rings. The lowest BCUT2D eigenvalue weighted by Crippen LogP contribution is -2.46. The number of amides is 2. The molecule has 0 fully saturated rings. The summed E-state index contributed by atoms with van der Waals surface area (Å²) in [6.45, 7) is 6.68. The molecule has 2 atom stereocenters. The van der Waals surface area contributed by atoms with Gasteiger partial charge >= 0.3 is 0 Å². The van der Waals surface area contributed by atoms with E-state index in [0.29, 0.717) is 6.54 Å². The molecule has 0 bridgehead atoms. The van der Waals surface area contributed by atoms with Gasteiger partial charge in [-0.25, -0.2) is 0 Å². The summed E-state index contributed by atoms with van der Waals surface area (Å²) >= 11 is 0. The van der Waals surface area contributed by atoms with Gasteiger partial charge in [0.05, 0.1) is 12.6 Å². The first kappa shape index (κ1) is 21.6. The molecule has 0 radical (unpaired) electrons. The van der Waals surface area contributed by atoms with E-state index in [1.165, 1.54) is 5.56 Å². The molecular weight excluding hydrogens is 350 g/mol. The average Bonchev–Trinajstić information content (AvgIpc) is 2.70. The molecule has 0 heterocycles. The quantitative estimate of drug-likeness (QED) is 0.698. The number of hydrogen-bond acceptors (Lipinski definition) is 3. The van der Waals surface area contributed by atoms with Crippen molar-refractivity contribution in [3.63, 3.8) is 0 Å². The highest BCUT2D eigenvalue weighted by Gasteiger charge is 2.21. The van der Waals surface area contributed by atoms with Gasteiger partial charge in [-0.05, 0) is 45.0 Å². The number of rotatable bonds is 9. The average molecular weight is 382 g/mol. The topological polar surface area (TPSA) is 61.4 Å². The van der Waals surface area contributed by atoms with E-state index < -0.39 is 6.04 Å². The zero-order valence-electron chi connectivity index (χ0n) is 17.2. The Labute approximate surface area is 168 Å². The van der Waals surface area contributed by atoms with Crippen LogP contribution >= 0.6 is 0 Å². The summed E-state index contributed by atoms with van der Waals surface area (Å²) in [4.78, 5) is 26.5. The van der Waals surface area contributed by atoms with Crippen molar-refractivity contribution in [1.82, 2.24) is 10.2 Å². The van der Waals surface area contributed by atoms with Crippen LogP contribution in [0.1, 0.15) is 37.3 Å². The Balaban J connectivity index is 1.82. The van der Waals surface area contributed by atoms with Crippen molar-refractivity contribution < 1.29 is 9.59 Å². The van der Waals surface area contributed by atoms with Crippen molar-refractivity contribution in [1.29, 1.82) is 0 Å². The van der Waals surface area contributed by atoms with E-state index in [-0.39, 0.29) is 24.3 Å². The second-order valence-corrected chi connectivity index (χ2v) is 7.27. The molecule has 5 heteroatoms. The summed E-state index contributed by atoms with van der Waals surface area (Å²) < 4.78 is 0. The predicted molar refractivity (Wildman–Crippen MR) is 114 cm³/mol. The lowest BCUT2D eigenvalue weighted by molar-refractivity contribution is -0.126. The predicted octanol–water partition coefficient (Wildman–Crippen LogP) is 3.56. The highest BCUT2D eigenvalue weighted by Crippen LogP contribution is 2.18. The minimum atomic E-state index is -0.392. The van der Waals surface area contributed by atoms with E-state index in [9.17, 15) is 9.59 Å². The van der Waals surface area contributed by atoms with Gasteiger partial charge in [0.15, 0.2) is 0 Å². The highest BCUT2D eigenvalue weighted by molar-refractivity contribution is 5.92. The summed E-state index contributed by atoms with van der Waals surface area (Å²) in [6, 6.07) is 17.5. The fourth-order valence-corrected chi connectivity index (χ4v) is 3.00. The zero-order chi connectivity index (χ0) is 20.5. The van der Waals surface area contributed by atoms with Crippen LogP contribution in [-0.2, 0) is 9.59 Å². The van der Waals surface area contributed by atoms with Crippen LogP contribution in [0.3, 0.4) is 0 Å². The molecule has 0 aromatic heterocycles. The van der Waals surface area contributed by atoms with Crippen LogP contribution in [0.4, 0.5) is 5.69 Å². The number of nitrogens with one attached hydrogen (secondary N) is 2. The summed E-state index contributed by atoms with van der Waals surface area (Å²) in [5.41, 5.74) is 3.12. The number of carbonyl (C=O) groups excluding carboxylic acids is 2. The molecule has 2 N–H and O–H groups in total. The molecule has 0 saturated carbocycles. The van der Waals surface area contributed by atoms with Crippen LogP contribution in [0.15, 0.2) is 54.6 Å². The second kappa shape index (κ2) is 10.6. The summed E-state index contributed by atoms with van der Waals surface area (Å²) in [5, 5.41) is 5.89. The first-order valence-electron chi connectivity index (χ1n) is 9.80. The third-order valence-electron chi connectivity index (χ3n) is 5.06. The van der Waals surface area contributed by atoms with Gasteiger partial charge in [0.1, 0.15) is 0 Å². The van der Waals surface area contributed by atoms with Crippen LogP contribution < -0.4 is 10.6 Å². The summed E-state index contributed by atoms with van der Waals surface area (Å²) in [5.74, 6) is 0.0780. The van der Waals surface area contributed by atoms with Gasteiger partial charge in [0.25, 0.3) is 0 Å². The Morgan fingerprint density at radius 1 is 1.04 bits per heavy atom. The van der Waals surface area contributed by atoms with Gasteiger partial charge < -0.3 is 10.6 Å². The molecule has 0 saturated heterocycles. The normalized spacial score (nSPS) is 13.0. The first-order valence-corrected chi connectivity index (χ1v) is 9.80. The Morgan fingerprint density at radius 3 is 2.29 bits per heavy atom. The molecule has 2 aromatic rings. The fourth-order valence-electron chi connectivity index (χ4n) is 3.00.